The molecule has 2 saturated heterocycles. The second-order valence-corrected chi connectivity index (χ2v) is 6.65. The molecule has 116 valence electrons. The van der Waals surface area contributed by atoms with Crippen LogP contribution in [0.15, 0.2) is 0 Å². The van der Waals surface area contributed by atoms with E-state index in [9.17, 15) is 4.79 Å². The van der Waals surface area contributed by atoms with Gasteiger partial charge in [-0.05, 0) is 52.2 Å². The van der Waals surface area contributed by atoms with Gasteiger partial charge >= 0.3 is 0 Å². The minimum absolute atomic E-state index is 0.153. The molecule has 2 N–H and O–H groups in total. The van der Waals surface area contributed by atoms with Crippen LogP contribution in [-0.4, -0.2) is 50.1 Å². The molecule has 2 rings (SSSR count). The van der Waals surface area contributed by atoms with E-state index in [1.807, 2.05) is 0 Å². The van der Waals surface area contributed by atoms with Gasteiger partial charge in [0.15, 0.2) is 0 Å². The summed E-state index contributed by atoms with van der Waals surface area (Å²) in [5, 5.41) is 6.67. The van der Waals surface area contributed by atoms with Crippen molar-refractivity contribution in [2.75, 3.05) is 33.2 Å². The maximum atomic E-state index is 12.7. The Morgan fingerprint density at radius 2 is 2.25 bits per heavy atom. The minimum atomic E-state index is -0.153. The van der Waals surface area contributed by atoms with Gasteiger partial charge in [0, 0.05) is 19.1 Å². The molecule has 4 heteroatoms. The topological polar surface area (TPSA) is 44.4 Å². The van der Waals surface area contributed by atoms with Crippen molar-refractivity contribution >= 4 is 5.91 Å². The van der Waals surface area contributed by atoms with Crippen LogP contribution in [0.1, 0.15) is 51.9 Å². The van der Waals surface area contributed by atoms with E-state index < -0.39 is 0 Å². The number of likely N-dealkylation sites (tertiary alicyclic amines) is 1. The zero-order valence-corrected chi connectivity index (χ0v) is 13.2. The molecule has 2 heterocycles. The molecule has 0 spiro atoms. The smallest absolute Gasteiger partial charge is 0.227 e. The van der Waals surface area contributed by atoms with Crippen molar-refractivity contribution in [3.05, 3.63) is 0 Å². The number of hydrogen-bond donors (Lipinski definition) is 2. The molecule has 0 aromatic carbocycles. The van der Waals surface area contributed by atoms with Gasteiger partial charge < -0.3 is 15.5 Å². The third-order valence-corrected chi connectivity index (χ3v) is 5.10. The second kappa shape index (κ2) is 7.41. The molecule has 4 nitrogen and oxygen atoms in total. The zero-order chi connectivity index (χ0) is 14.4. The van der Waals surface area contributed by atoms with Crippen molar-refractivity contribution in [3.63, 3.8) is 0 Å². The highest BCUT2D eigenvalue weighted by molar-refractivity contribution is 5.83. The fourth-order valence-corrected chi connectivity index (χ4v) is 3.77. The highest BCUT2D eigenvalue weighted by Gasteiger charge is 2.38. The fourth-order valence-electron chi connectivity index (χ4n) is 3.77. The molecule has 2 atom stereocenters. The monoisotopic (exact) mass is 281 g/mol. The average molecular weight is 281 g/mol. The highest BCUT2D eigenvalue weighted by atomic mass is 16.2. The van der Waals surface area contributed by atoms with Gasteiger partial charge in [-0.1, -0.05) is 19.8 Å². The molecular formula is C16H31N3O. The predicted molar refractivity (Wildman–Crippen MR) is 82.7 cm³/mol. The molecule has 2 unspecified atom stereocenters. The summed E-state index contributed by atoms with van der Waals surface area (Å²) in [4.78, 5) is 15.1. The molecule has 2 aliphatic rings. The van der Waals surface area contributed by atoms with Crippen LogP contribution in [-0.2, 0) is 4.79 Å². The summed E-state index contributed by atoms with van der Waals surface area (Å²) in [6.45, 7) is 6.08. The number of nitrogens with one attached hydrogen (secondary N) is 2. The van der Waals surface area contributed by atoms with Gasteiger partial charge in [-0.3, -0.25) is 4.79 Å². The lowest BCUT2D eigenvalue weighted by Gasteiger charge is -2.38. The van der Waals surface area contributed by atoms with Crippen LogP contribution in [0.5, 0.6) is 0 Å². The predicted octanol–water partition coefficient (Wildman–Crippen LogP) is 1.76. The summed E-state index contributed by atoms with van der Waals surface area (Å²) in [6, 6.07) is 0.530. The summed E-state index contributed by atoms with van der Waals surface area (Å²) < 4.78 is 0. The Morgan fingerprint density at radius 3 is 2.90 bits per heavy atom. The molecule has 0 saturated carbocycles. The van der Waals surface area contributed by atoms with Crippen molar-refractivity contribution in [3.8, 4) is 0 Å². The number of nitrogens with zero attached hydrogens (tertiary/aromatic N) is 1. The average Bonchev–Trinajstić information content (AvgIpc) is 2.47. The molecule has 0 bridgehead atoms. The first-order valence-electron chi connectivity index (χ1n) is 8.37. The van der Waals surface area contributed by atoms with E-state index in [0.29, 0.717) is 6.04 Å². The molecule has 1 amide bonds. The molecular weight excluding hydrogens is 250 g/mol. The molecule has 2 fully saturated rings. The van der Waals surface area contributed by atoms with Gasteiger partial charge in [0.25, 0.3) is 0 Å². The van der Waals surface area contributed by atoms with Crippen molar-refractivity contribution in [2.45, 2.75) is 57.9 Å². The number of carbonyl (C=O) groups is 1. The number of likely N-dealkylation sites (N-methyl/N-ethyl adjacent to an activating group) is 1. The summed E-state index contributed by atoms with van der Waals surface area (Å²) in [6.07, 6.45) is 8.06. The van der Waals surface area contributed by atoms with Crippen LogP contribution < -0.4 is 10.6 Å². The molecule has 20 heavy (non-hydrogen) atoms. The highest BCUT2D eigenvalue weighted by Crippen LogP contribution is 2.32. The van der Waals surface area contributed by atoms with Crippen molar-refractivity contribution in [1.29, 1.82) is 0 Å². The normalized spacial score (nSPS) is 32.0. The Labute approximate surface area is 123 Å². The van der Waals surface area contributed by atoms with Crippen LogP contribution in [0, 0.1) is 5.41 Å². The second-order valence-electron chi connectivity index (χ2n) is 6.65. The van der Waals surface area contributed by atoms with Gasteiger partial charge in [0.05, 0.1) is 5.41 Å². The maximum absolute atomic E-state index is 12.7. The Balaban J connectivity index is 1.87. The number of rotatable bonds is 5. The third kappa shape index (κ3) is 3.73. The minimum Gasteiger partial charge on any atom is -0.354 e. The first kappa shape index (κ1) is 15.8. The summed E-state index contributed by atoms with van der Waals surface area (Å²) in [7, 11) is 2.18. The van der Waals surface area contributed by atoms with E-state index in [-0.39, 0.29) is 11.3 Å². The Bertz CT molecular complexity index is 307. The molecule has 0 aromatic rings. The first-order valence-corrected chi connectivity index (χ1v) is 8.37. The van der Waals surface area contributed by atoms with E-state index >= 15 is 0 Å². The van der Waals surface area contributed by atoms with Gasteiger partial charge in [-0.2, -0.15) is 0 Å². The van der Waals surface area contributed by atoms with Gasteiger partial charge in [-0.15, -0.1) is 0 Å². The van der Waals surface area contributed by atoms with E-state index in [2.05, 4.69) is 29.5 Å². The van der Waals surface area contributed by atoms with Crippen LogP contribution in [0.4, 0.5) is 0 Å². The third-order valence-electron chi connectivity index (χ3n) is 5.10. The van der Waals surface area contributed by atoms with Crippen LogP contribution in [0.2, 0.25) is 0 Å². The van der Waals surface area contributed by atoms with Crippen LogP contribution >= 0.6 is 0 Å². The lowest BCUT2D eigenvalue weighted by molar-refractivity contribution is -0.133. The fraction of sp³-hybridized carbons (Fsp3) is 0.938. The van der Waals surface area contributed by atoms with E-state index in [1.54, 1.807) is 0 Å². The standard InChI is InChI=1S/C16H31N3O/c1-3-8-16(9-6-10-17-13-16)15(20)18-12-14-7-4-5-11-19(14)2/h14,17H,3-13H2,1-2H3,(H,18,20). The van der Waals surface area contributed by atoms with Gasteiger partial charge in [0.1, 0.15) is 0 Å². The largest absolute Gasteiger partial charge is 0.354 e. The molecule has 0 aromatic heterocycles. The van der Waals surface area contributed by atoms with E-state index in [1.165, 1.54) is 25.8 Å². The SMILES string of the molecule is CCCC1(C(=O)NCC2CCCCN2C)CCCNC1. The summed E-state index contributed by atoms with van der Waals surface area (Å²) in [5.74, 6) is 0.283. The summed E-state index contributed by atoms with van der Waals surface area (Å²) in [5.41, 5.74) is -0.153. The molecule has 2 aliphatic heterocycles. The number of carbonyl (C=O) groups excluding carboxylic acids is 1. The lowest BCUT2D eigenvalue weighted by atomic mass is 9.76. The van der Waals surface area contributed by atoms with Crippen molar-refractivity contribution < 1.29 is 4.79 Å². The lowest BCUT2D eigenvalue weighted by Crippen LogP contribution is -2.53. The van der Waals surface area contributed by atoms with E-state index in [4.69, 9.17) is 0 Å². The number of piperidine rings is 2. The molecule has 0 aliphatic carbocycles. The van der Waals surface area contributed by atoms with Gasteiger partial charge in [0.2, 0.25) is 5.91 Å². The summed E-state index contributed by atoms with van der Waals surface area (Å²) >= 11 is 0. The van der Waals surface area contributed by atoms with E-state index in [0.717, 1.165) is 45.3 Å². The number of amides is 1. The maximum Gasteiger partial charge on any atom is 0.227 e. The zero-order valence-electron chi connectivity index (χ0n) is 13.2. The van der Waals surface area contributed by atoms with Crippen molar-refractivity contribution in [2.24, 2.45) is 5.41 Å². The van der Waals surface area contributed by atoms with Crippen molar-refractivity contribution in [1.82, 2.24) is 15.5 Å². The quantitative estimate of drug-likeness (QED) is 0.807. The number of hydrogen-bond acceptors (Lipinski definition) is 3. The molecule has 0 radical (unpaired) electrons. The van der Waals surface area contributed by atoms with Crippen LogP contribution in [0.25, 0.3) is 0 Å². The van der Waals surface area contributed by atoms with Gasteiger partial charge in [-0.25, -0.2) is 0 Å². The first-order chi connectivity index (χ1) is 9.68. The Hall–Kier alpha value is -0.610. The van der Waals surface area contributed by atoms with Crippen LogP contribution in [0.3, 0.4) is 0 Å². The Morgan fingerprint density at radius 1 is 1.40 bits per heavy atom. The Kier molecular flexibility index (Phi) is 5.85.